The molecule has 4 aromatic carbocycles. The van der Waals surface area contributed by atoms with Gasteiger partial charge in [-0.2, -0.15) is 0 Å². The van der Waals surface area contributed by atoms with E-state index in [1.807, 2.05) is 0 Å². The molecule has 0 aliphatic carbocycles. The maximum absolute atomic E-state index is 4.59. The Labute approximate surface area is 205 Å². The molecule has 0 fully saturated rings. The van der Waals surface area contributed by atoms with Gasteiger partial charge in [-0.25, -0.2) is 0 Å². The standard InChI is InChI=1S/C34H38/c1-21-15-25(19-27(17-21)33(5,6)7)31-23(3)24(4)32(30-14-12-11-13-29(30)31)26-16-22(2)18-28(20-26)34(8,9)10/h11-20H,3-4H2,1-2,5-10H3. The van der Waals surface area contributed by atoms with Gasteiger partial charge in [0, 0.05) is 0 Å². The fourth-order valence-electron chi connectivity index (χ4n) is 4.93. The molecule has 0 aliphatic heterocycles. The van der Waals surface area contributed by atoms with E-state index in [1.165, 1.54) is 55.3 Å². The van der Waals surface area contributed by atoms with E-state index in [0.29, 0.717) is 0 Å². The van der Waals surface area contributed by atoms with E-state index in [4.69, 9.17) is 0 Å². The molecule has 0 heteroatoms. The average molecular weight is 447 g/mol. The summed E-state index contributed by atoms with van der Waals surface area (Å²) < 4.78 is 0. The first-order chi connectivity index (χ1) is 15.8. The van der Waals surface area contributed by atoms with E-state index in [9.17, 15) is 0 Å². The third-order valence-corrected chi connectivity index (χ3v) is 6.90. The van der Waals surface area contributed by atoms with Crippen LogP contribution in [-0.2, 0) is 10.8 Å². The van der Waals surface area contributed by atoms with E-state index in [-0.39, 0.29) is 10.8 Å². The summed E-state index contributed by atoms with van der Waals surface area (Å²) in [7, 11) is 0. The molecule has 0 N–H and O–H groups in total. The zero-order valence-electron chi connectivity index (χ0n) is 22.2. The molecule has 0 aliphatic rings. The van der Waals surface area contributed by atoms with Crippen molar-refractivity contribution in [2.45, 2.75) is 66.2 Å². The number of aryl methyl sites for hydroxylation is 2. The molecule has 34 heavy (non-hydrogen) atoms. The predicted octanol–water partition coefficient (Wildman–Crippen LogP) is 8.21. The molecule has 0 radical (unpaired) electrons. The van der Waals surface area contributed by atoms with Crippen LogP contribution in [0.1, 0.15) is 63.8 Å². The van der Waals surface area contributed by atoms with E-state index < -0.39 is 0 Å². The number of hydrogen-bond acceptors (Lipinski definition) is 0. The summed E-state index contributed by atoms with van der Waals surface area (Å²) in [5, 5.41) is 4.49. The van der Waals surface area contributed by atoms with Gasteiger partial charge in [-0.1, -0.05) is 126 Å². The van der Waals surface area contributed by atoms with Crippen LogP contribution >= 0.6 is 0 Å². The first kappa shape index (κ1) is 24.0. The zero-order chi connectivity index (χ0) is 25.0. The lowest BCUT2D eigenvalue weighted by Gasteiger charge is -2.23. The van der Waals surface area contributed by atoms with Crippen molar-refractivity contribution in [3.05, 3.63) is 93.4 Å². The molecular formula is C34H38. The van der Waals surface area contributed by atoms with Gasteiger partial charge in [-0.3, -0.25) is 0 Å². The van der Waals surface area contributed by atoms with Crippen LogP contribution in [0.25, 0.3) is 46.2 Å². The SMILES string of the molecule is C=c1c(-c2cc(C)cc(C(C)(C)C)c2)c2ccccc2c(-c2cc(C)cc(C(C)(C)C)c2)c1=C. The third kappa shape index (κ3) is 4.34. The van der Waals surface area contributed by atoms with Gasteiger partial charge < -0.3 is 0 Å². The van der Waals surface area contributed by atoms with Gasteiger partial charge in [0.2, 0.25) is 0 Å². The van der Waals surface area contributed by atoms with Crippen LogP contribution in [0.5, 0.6) is 0 Å². The molecule has 0 saturated carbocycles. The largest absolute Gasteiger partial charge is 0.0905 e. The van der Waals surface area contributed by atoms with Crippen LogP contribution < -0.4 is 10.4 Å². The second kappa shape index (κ2) is 8.27. The van der Waals surface area contributed by atoms with Crippen LogP contribution in [0.2, 0.25) is 0 Å². The molecule has 0 unspecified atom stereocenters. The second-order valence-electron chi connectivity index (χ2n) is 11.9. The summed E-state index contributed by atoms with van der Waals surface area (Å²) >= 11 is 0. The summed E-state index contributed by atoms with van der Waals surface area (Å²) in [6, 6.07) is 22.6. The van der Waals surface area contributed by atoms with Gasteiger partial charge in [0.1, 0.15) is 0 Å². The van der Waals surface area contributed by atoms with Crippen LogP contribution in [-0.4, -0.2) is 0 Å². The zero-order valence-corrected chi connectivity index (χ0v) is 22.2. The van der Waals surface area contributed by atoms with E-state index in [1.54, 1.807) is 0 Å². The van der Waals surface area contributed by atoms with E-state index in [2.05, 4.69) is 129 Å². The summed E-state index contributed by atoms with van der Waals surface area (Å²) in [5.41, 5.74) is 10.2. The van der Waals surface area contributed by atoms with Crippen molar-refractivity contribution in [2.24, 2.45) is 0 Å². The minimum absolute atomic E-state index is 0.0794. The smallest absolute Gasteiger partial charge is 0.00323 e. The minimum Gasteiger partial charge on any atom is -0.0905 e. The first-order valence-corrected chi connectivity index (χ1v) is 12.2. The molecule has 174 valence electrons. The lowest BCUT2D eigenvalue weighted by atomic mass is 9.81. The van der Waals surface area contributed by atoms with Crippen molar-refractivity contribution < 1.29 is 0 Å². The van der Waals surface area contributed by atoms with Gasteiger partial charge in [-0.15, -0.1) is 0 Å². The van der Waals surface area contributed by atoms with Crippen molar-refractivity contribution in [1.82, 2.24) is 0 Å². The molecule has 0 saturated heterocycles. The quantitative estimate of drug-likeness (QED) is 0.291. The highest BCUT2D eigenvalue weighted by Crippen LogP contribution is 2.35. The third-order valence-electron chi connectivity index (χ3n) is 6.90. The van der Waals surface area contributed by atoms with Crippen LogP contribution in [0.4, 0.5) is 0 Å². The van der Waals surface area contributed by atoms with Crippen LogP contribution in [0, 0.1) is 13.8 Å². The molecular weight excluding hydrogens is 408 g/mol. The predicted molar refractivity (Wildman–Crippen MR) is 152 cm³/mol. The van der Waals surface area contributed by atoms with Crippen molar-refractivity contribution in [3.8, 4) is 22.3 Å². The van der Waals surface area contributed by atoms with Gasteiger partial charge >= 0.3 is 0 Å². The Morgan fingerprint density at radius 1 is 0.529 bits per heavy atom. The summed E-state index contributed by atoms with van der Waals surface area (Å²) in [5.74, 6) is 0. The Kier molecular flexibility index (Phi) is 5.85. The fraction of sp³-hybridized carbons (Fsp3) is 0.294. The number of rotatable bonds is 2. The maximum atomic E-state index is 4.59. The van der Waals surface area contributed by atoms with E-state index >= 15 is 0 Å². The van der Waals surface area contributed by atoms with Crippen LogP contribution in [0.3, 0.4) is 0 Å². The van der Waals surface area contributed by atoms with Gasteiger partial charge in [0.05, 0.1) is 0 Å². The Balaban J connectivity index is 2.10. The molecule has 0 spiro atoms. The normalized spacial score (nSPS) is 12.4. The van der Waals surface area contributed by atoms with Gasteiger partial charge in [0.15, 0.2) is 0 Å². The average Bonchev–Trinajstić information content (AvgIpc) is 2.72. The second-order valence-corrected chi connectivity index (χ2v) is 11.9. The Hall–Kier alpha value is -3.12. The fourth-order valence-corrected chi connectivity index (χ4v) is 4.93. The number of hydrogen-bond donors (Lipinski definition) is 0. The number of fused-ring (bicyclic) bond motifs is 1. The van der Waals surface area contributed by atoms with Gasteiger partial charge in [-0.05, 0) is 79.3 Å². The molecule has 0 heterocycles. The molecule has 4 aromatic rings. The first-order valence-electron chi connectivity index (χ1n) is 12.2. The van der Waals surface area contributed by atoms with Gasteiger partial charge in [0.25, 0.3) is 0 Å². The summed E-state index contributed by atoms with van der Waals surface area (Å²) in [4.78, 5) is 0. The Bertz CT molecular complexity index is 1390. The monoisotopic (exact) mass is 446 g/mol. The van der Waals surface area contributed by atoms with Crippen LogP contribution in [0.15, 0.2) is 60.7 Å². The van der Waals surface area contributed by atoms with Crippen molar-refractivity contribution in [1.29, 1.82) is 0 Å². The highest BCUT2D eigenvalue weighted by atomic mass is 14.2. The lowest BCUT2D eigenvalue weighted by Crippen LogP contribution is -2.27. The van der Waals surface area contributed by atoms with Crippen molar-refractivity contribution in [2.75, 3.05) is 0 Å². The number of benzene rings is 4. The maximum Gasteiger partial charge on any atom is -0.00323 e. The highest BCUT2D eigenvalue weighted by molar-refractivity contribution is 6.05. The Morgan fingerprint density at radius 2 is 0.882 bits per heavy atom. The molecule has 0 nitrogen and oxygen atoms in total. The molecule has 0 atom stereocenters. The molecule has 0 bridgehead atoms. The molecule has 4 rings (SSSR count). The van der Waals surface area contributed by atoms with Crippen molar-refractivity contribution in [3.63, 3.8) is 0 Å². The molecule has 0 amide bonds. The van der Waals surface area contributed by atoms with Crippen molar-refractivity contribution >= 4 is 23.9 Å². The lowest BCUT2D eigenvalue weighted by molar-refractivity contribution is 0.589. The minimum atomic E-state index is 0.0794. The topological polar surface area (TPSA) is 0 Å². The van der Waals surface area contributed by atoms with E-state index in [0.717, 1.165) is 10.4 Å². The summed E-state index contributed by atoms with van der Waals surface area (Å²) in [6.45, 7) is 27.2. The highest BCUT2D eigenvalue weighted by Gasteiger charge is 2.20. The Morgan fingerprint density at radius 3 is 1.21 bits per heavy atom. The molecule has 0 aromatic heterocycles. The summed E-state index contributed by atoms with van der Waals surface area (Å²) in [6.07, 6.45) is 0.